The lowest BCUT2D eigenvalue weighted by atomic mass is 10.1. The van der Waals surface area contributed by atoms with Crippen molar-refractivity contribution in [2.24, 2.45) is 0 Å². The Balaban J connectivity index is 0.000000818. The lowest BCUT2D eigenvalue weighted by Crippen LogP contribution is -2.55. The van der Waals surface area contributed by atoms with Crippen molar-refractivity contribution < 1.29 is 4.79 Å². The van der Waals surface area contributed by atoms with Gasteiger partial charge < -0.3 is 20.0 Å². The topological polar surface area (TPSA) is 89.8 Å². The number of carbonyl (C=O) groups excluding carboxylic acids is 1. The van der Waals surface area contributed by atoms with Crippen molar-refractivity contribution in [3.63, 3.8) is 0 Å². The van der Waals surface area contributed by atoms with Crippen molar-refractivity contribution >= 4 is 34.3 Å². The fourth-order valence-corrected chi connectivity index (χ4v) is 5.57. The summed E-state index contributed by atoms with van der Waals surface area (Å²) in [5, 5.41) is 4.12. The minimum absolute atomic E-state index is 0.0240. The standard InChI is InChI=1S/C29H38N8O2.C5H8/c1-4-24-21-36(26(38)5-2)17-16-34(24)18-19-37-27(39)11-6-22-20-30-29(32-28(22)37)31-23-7-9-25(10-8-23)35-14-12-33(3)13-15-35;1-3-5-4-2/h5-11,20,24H,2,4,12-19,21H2,1,3H3,(H,30,31,32);1H,4-5H2,2H3. The summed E-state index contributed by atoms with van der Waals surface area (Å²) in [6.07, 6.45) is 11.0. The first-order chi connectivity index (χ1) is 21.4. The predicted molar refractivity (Wildman–Crippen MR) is 179 cm³/mol. The molecular formula is C34H46N8O2. The summed E-state index contributed by atoms with van der Waals surface area (Å²) >= 11 is 0. The summed E-state index contributed by atoms with van der Waals surface area (Å²) in [6, 6.07) is 11.9. The molecule has 1 atom stereocenters. The smallest absolute Gasteiger partial charge is 0.252 e. The molecule has 2 aromatic heterocycles. The highest BCUT2D eigenvalue weighted by Gasteiger charge is 2.27. The van der Waals surface area contributed by atoms with Crippen LogP contribution in [0.3, 0.4) is 0 Å². The van der Waals surface area contributed by atoms with E-state index in [4.69, 9.17) is 11.4 Å². The first kappa shape index (κ1) is 32.7. The maximum atomic E-state index is 12.9. The van der Waals surface area contributed by atoms with Crippen LogP contribution in [0.2, 0.25) is 0 Å². The fraction of sp³-hybridized carbons (Fsp3) is 0.471. The van der Waals surface area contributed by atoms with E-state index in [0.717, 1.165) is 63.1 Å². The monoisotopic (exact) mass is 598 g/mol. The summed E-state index contributed by atoms with van der Waals surface area (Å²) in [5.41, 5.74) is 2.64. The summed E-state index contributed by atoms with van der Waals surface area (Å²) in [4.78, 5) is 43.2. The van der Waals surface area contributed by atoms with E-state index in [1.54, 1.807) is 22.9 Å². The zero-order valence-corrected chi connectivity index (χ0v) is 26.4. The van der Waals surface area contributed by atoms with Gasteiger partial charge in [-0.25, -0.2) is 4.98 Å². The van der Waals surface area contributed by atoms with E-state index in [0.29, 0.717) is 37.8 Å². The highest BCUT2D eigenvalue weighted by molar-refractivity contribution is 5.87. The van der Waals surface area contributed by atoms with Gasteiger partial charge in [-0.1, -0.05) is 20.4 Å². The quantitative estimate of drug-likeness (QED) is 0.294. The van der Waals surface area contributed by atoms with Crippen LogP contribution >= 0.6 is 0 Å². The molecule has 5 rings (SSSR count). The molecule has 1 N–H and O–H groups in total. The van der Waals surface area contributed by atoms with Gasteiger partial charge in [0, 0.05) is 100 Å². The van der Waals surface area contributed by atoms with E-state index in [1.807, 2.05) is 17.0 Å². The van der Waals surface area contributed by atoms with Crippen molar-refractivity contribution in [3.8, 4) is 12.3 Å². The number of terminal acetylenes is 1. The van der Waals surface area contributed by atoms with E-state index < -0.39 is 0 Å². The summed E-state index contributed by atoms with van der Waals surface area (Å²) in [7, 11) is 2.16. The number of nitrogens with one attached hydrogen (secondary N) is 1. The molecule has 10 nitrogen and oxygen atoms in total. The van der Waals surface area contributed by atoms with Crippen LogP contribution in [0, 0.1) is 12.3 Å². The molecule has 44 heavy (non-hydrogen) atoms. The average Bonchev–Trinajstić information content (AvgIpc) is 3.05. The molecule has 0 radical (unpaired) electrons. The summed E-state index contributed by atoms with van der Waals surface area (Å²) in [6.45, 7) is 15.3. The Labute approximate surface area is 261 Å². The van der Waals surface area contributed by atoms with Gasteiger partial charge in [0.05, 0.1) is 0 Å². The van der Waals surface area contributed by atoms with Gasteiger partial charge >= 0.3 is 0 Å². The number of fused-ring (bicyclic) bond motifs is 1. The Morgan fingerprint density at radius 1 is 1.07 bits per heavy atom. The lowest BCUT2D eigenvalue weighted by Gasteiger charge is -2.41. The highest BCUT2D eigenvalue weighted by atomic mass is 16.2. The SMILES string of the molecule is C#CCCC.C=CC(=O)N1CCN(CCn2c(=O)ccc3cnc(Nc4ccc(N5CCN(C)CC5)cc4)nc32)C(CC)C1. The van der Waals surface area contributed by atoms with Crippen molar-refractivity contribution in [1.82, 2.24) is 29.2 Å². The molecule has 1 unspecified atom stereocenters. The second-order valence-electron chi connectivity index (χ2n) is 11.3. The van der Waals surface area contributed by atoms with Crippen molar-refractivity contribution in [2.75, 3.05) is 69.6 Å². The molecule has 0 spiro atoms. The third-order valence-electron chi connectivity index (χ3n) is 8.28. The van der Waals surface area contributed by atoms with E-state index in [9.17, 15) is 9.59 Å². The molecule has 1 aromatic carbocycles. The van der Waals surface area contributed by atoms with E-state index in [2.05, 4.69) is 70.5 Å². The van der Waals surface area contributed by atoms with Crippen LogP contribution in [0.4, 0.5) is 17.3 Å². The third-order valence-corrected chi connectivity index (χ3v) is 8.28. The number of carbonyl (C=O) groups is 1. The van der Waals surface area contributed by atoms with Crippen molar-refractivity contribution in [2.45, 2.75) is 45.7 Å². The van der Waals surface area contributed by atoms with Gasteiger partial charge in [0.1, 0.15) is 5.65 Å². The number of anilines is 3. The minimum atomic E-state index is -0.0859. The summed E-state index contributed by atoms with van der Waals surface area (Å²) in [5.74, 6) is 2.95. The molecule has 1 amide bonds. The number of aromatic nitrogens is 3. The van der Waals surface area contributed by atoms with Crippen LogP contribution in [-0.4, -0.2) is 101 Å². The number of amides is 1. The Morgan fingerprint density at radius 3 is 2.45 bits per heavy atom. The van der Waals surface area contributed by atoms with Gasteiger partial charge in [0.2, 0.25) is 11.9 Å². The van der Waals surface area contributed by atoms with Crippen molar-refractivity contribution in [3.05, 3.63) is 65.6 Å². The largest absolute Gasteiger partial charge is 0.369 e. The van der Waals surface area contributed by atoms with Crippen LogP contribution in [0.1, 0.15) is 33.1 Å². The summed E-state index contributed by atoms with van der Waals surface area (Å²) < 4.78 is 1.73. The van der Waals surface area contributed by atoms with Crippen LogP contribution < -0.4 is 15.8 Å². The molecular weight excluding hydrogens is 552 g/mol. The molecule has 2 saturated heterocycles. The van der Waals surface area contributed by atoms with Crippen LogP contribution in [-0.2, 0) is 11.3 Å². The normalized spacial score (nSPS) is 17.5. The van der Waals surface area contributed by atoms with Gasteiger partial charge in [0.25, 0.3) is 5.56 Å². The van der Waals surface area contributed by atoms with Gasteiger partial charge in [-0.2, -0.15) is 4.98 Å². The number of rotatable bonds is 9. The third kappa shape index (κ3) is 8.46. The number of nitrogens with zero attached hydrogens (tertiary/aromatic N) is 7. The highest BCUT2D eigenvalue weighted by Crippen LogP contribution is 2.22. The molecule has 4 heterocycles. The number of pyridine rings is 1. The molecule has 0 bridgehead atoms. The lowest BCUT2D eigenvalue weighted by molar-refractivity contribution is -0.129. The maximum absolute atomic E-state index is 12.9. The van der Waals surface area contributed by atoms with E-state index >= 15 is 0 Å². The van der Waals surface area contributed by atoms with Crippen molar-refractivity contribution in [1.29, 1.82) is 0 Å². The second kappa shape index (κ2) is 16.0. The first-order valence-electron chi connectivity index (χ1n) is 15.6. The van der Waals surface area contributed by atoms with Crippen LogP contribution in [0.25, 0.3) is 11.0 Å². The Bertz CT molecular complexity index is 1490. The molecule has 10 heteroatoms. The van der Waals surface area contributed by atoms with Gasteiger partial charge in [-0.15, -0.1) is 12.3 Å². The first-order valence-corrected chi connectivity index (χ1v) is 15.6. The number of piperazine rings is 2. The van der Waals surface area contributed by atoms with E-state index in [-0.39, 0.29) is 17.5 Å². The number of unbranched alkanes of at least 4 members (excludes halogenated alkanes) is 1. The molecule has 3 aromatic rings. The van der Waals surface area contributed by atoms with Crippen LogP contribution in [0.5, 0.6) is 0 Å². The van der Waals surface area contributed by atoms with E-state index in [1.165, 1.54) is 11.8 Å². The zero-order chi connectivity index (χ0) is 31.5. The Morgan fingerprint density at radius 2 is 1.82 bits per heavy atom. The van der Waals surface area contributed by atoms with Gasteiger partial charge in [0.15, 0.2) is 0 Å². The number of hydrogen-bond acceptors (Lipinski definition) is 8. The number of hydrogen-bond donors (Lipinski definition) is 1. The Hall–Kier alpha value is -4.20. The average molecular weight is 599 g/mol. The maximum Gasteiger partial charge on any atom is 0.252 e. The second-order valence-corrected chi connectivity index (χ2v) is 11.3. The predicted octanol–water partition coefficient (Wildman–Crippen LogP) is 3.82. The molecule has 2 aliphatic heterocycles. The van der Waals surface area contributed by atoms with Gasteiger partial charge in [-0.3, -0.25) is 19.1 Å². The fourth-order valence-electron chi connectivity index (χ4n) is 5.57. The molecule has 0 saturated carbocycles. The molecule has 234 valence electrons. The number of benzene rings is 1. The Kier molecular flexibility index (Phi) is 11.9. The molecule has 2 aliphatic rings. The van der Waals surface area contributed by atoms with Gasteiger partial charge in [-0.05, 0) is 56.3 Å². The van der Waals surface area contributed by atoms with Crippen LogP contribution in [0.15, 0.2) is 60.0 Å². The molecule has 0 aliphatic carbocycles. The minimum Gasteiger partial charge on any atom is -0.369 e. The zero-order valence-electron chi connectivity index (χ0n) is 26.4. The molecule has 2 fully saturated rings. The number of likely N-dealkylation sites (N-methyl/N-ethyl adjacent to an activating group) is 1.